The molecule has 0 spiro atoms. The highest BCUT2D eigenvalue weighted by atomic mass is 16.5. The summed E-state index contributed by atoms with van der Waals surface area (Å²) in [4.78, 5) is 16.4. The van der Waals surface area contributed by atoms with Crippen molar-refractivity contribution < 1.29 is 9.32 Å². The van der Waals surface area contributed by atoms with Gasteiger partial charge in [-0.15, -0.1) is 0 Å². The van der Waals surface area contributed by atoms with Crippen LogP contribution in [-0.4, -0.2) is 20.4 Å². The van der Waals surface area contributed by atoms with Gasteiger partial charge in [0.15, 0.2) is 5.82 Å². The Bertz CT molecular complexity index is 715. The average Bonchev–Trinajstić information content (AvgIpc) is 2.99. The Morgan fingerprint density at radius 2 is 2.32 bits per heavy atom. The highest BCUT2D eigenvalue weighted by Gasteiger charge is 2.13. The fourth-order valence-electron chi connectivity index (χ4n) is 1.99. The third kappa shape index (κ3) is 2.20. The van der Waals surface area contributed by atoms with Gasteiger partial charge in [-0.25, -0.2) is 4.98 Å². The molecule has 0 atom stereocenters. The Morgan fingerprint density at radius 1 is 1.42 bits per heavy atom. The van der Waals surface area contributed by atoms with E-state index in [1.165, 1.54) is 6.26 Å². The van der Waals surface area contributed by atoms with E-state index in [1.54, 1.807) is 6.07 Å². The van der Waals surface area contributed by atoms with Gasteiger partial charge >= 0.3 is 0 Å². The van der Waals surface area contributed by atoms with E-state index in [-0.39, 0.29) is 12.3 Å². The van der Waals surface area contributed by atoms with Gasteiger partial charge in [0.1, 0.15) is 11.9 Å². The van der Waals surface area contributed by atoms with Crippen molar-refractivity contribution in [1.82, 2.24) is 14.5 Å². The average molecular weight is 256 g/mol. The molecule has 1 amide bonds. The van der Waals surface area contributed by atoms with E-state index in [4.69, 9.17) is 0 Å². The number of anilines is 1. The smallest absolute Gasteiger partial charge is 0.231 e. The van der Waals surface area contributed by atoms with Gasteiger partial charge in [-0.05, 0) is 19.1 Å². The maximum Gasteiger partial charge on any atom is 0.231 e. The van der Waals surface area contributed by atoms with Gasteiger partial charge in [0.05, 0.1) is 17.8 Å². The molecule has 6 heteroatoms. The first-order chi connectivity index (χ1) is 9.24. The zero-order chi connectivity index (χ0) is 13.2. The molecule has 3 aromatic rings. The van der Waals surface area contributed by atoms with Gasteiger partial charge in [0, 0.05) is 12.3 Å². The minimum Gasteiger partial charge on any atom is -0.363 e. The zero-order valence-corrected chi connectivity index (χ0v) is 10.3. The maximum atomic E-state index is 11.9. The van der Waals surface area contributed by atoms with Crippen LogP contribution in [0.15, 0.2) is 41.2 Å². The molecule has 0 aliphatic rings. The number of carbonyl (C=O) groups is 1. The molecule has 0 fully saturated rings. The molecule has 3 heterocycles. The van der Waals surface area contributed by atoms with E-state index in [1.807, 2.05) is 35.7 Å². The van der Waals surface area contributed by atoms with E-state index in [0.29, 0.717) is 5.82 Å². The van der Waals surface area contributed by atoms with Gasteiger partial charge in [-0.3, -0.25) is 4.79 Å². The second-order valence-electron chi connectivity index (χ2n) is 4.18. The number of carbonyl (C=O) groups excluding carboxylic acids is 1. The number of aromatic nitrogens is 3. The van der Waals surface area contributed by atoms with Gasteiger partial charge in [0.25, 0.3) is 0 Å². The Labute approximate surface area is 109 Å². The van der Waals surface area contributed by atoms with Crippen LogP contribution in [0.25, 0.3) is 5.65 Å². The molecule has 0 unspecified atom stereocenters. The summed E-state index contributed by atoms with van der Waals surface area (Å²) in [5.41, 5.74) is 2.56. The summed E-state index contributed by atoms with van der Waals surface area (Å²) >= 11 is 0. The van der Waals surface area contributed by atoms with Crippen LogP contribution in [0.2, 0.25) is 0 Å². The fourth-order valence-corrected chi connectivity index (χ4v) is 1.99. The number of nitrogens with one attached hydrogen (secondary N) is 1. The summed E-state index contributed by atoms with van der Waals surface area (Å²) in [6.07, 6.45) is 3.55. The molecule has 96 valence electrons. The highest BCUT2D eigenvalue weighted by molar-refractivity contribution is 5.91. The predicted molar refractivity (Wildman–Crippen MR) is 68.8 cm³/mol. The van der Waals surface area contributed by atoms with Crippen LogP contribution in [0.3, 0.4) is 0 Å². The maximum absolute atomic E-state index is 11.9. The van der Waals surface area contributed by atoms with Gasteiger partial charge < -0.3 is 14.2 Å². The summed E-state index contributed by atoms with van der Waals surface area (Å²) in [6.45, 7) is 1.89. The van der Waals surface area contributed by atoms with Crippen LogP contribution in [-0.2, 0) is 11.2 Å². The molecule has 3 rings (SSSR count). The SMILES string of the molecule is Cc1nc2ccccn2c1CC(=O)Nc1ccon1. The van der Waals surface area contributed by atoms with Crippen LogP contribution in [0.4, 0.5) is 5.82 Å². The molecule has 0 saturated carbocycles. The molecule has 0 bridgehead atoms. The number of aryl methyl sites for hydroxylation is 1. The summed E-state index contributed by atoms with van der Waals surface area (Å²) in [7, 11) is 0. The Balaban J connectivity index is 1.85. The predicted octanol–water partition coefficient (Wildman–Crippen LogP) is 1.81. The van der Waals surface area contributed by atoms with Crippen LogP contribution < -0.4 is 5.32 Å². The topological polar surface area (TPSA) is 72.4 Å². The lowest BCUT2D eigenvalue weighted by Crippen LogP contribution is -2.16. The molecule has 0 aliphatic heterocycles. The number of imidazole rings is 1. The lowest BCUT2D eigenvalue weighted by atomic mass is 10.2. The van der Waals surface area contributed by atoms with Crippen molar-refractivity contribution in [2.45, 2.75) is 13.3 Å². The van der Waals surface area contributed by atoms with Crippen molar-refractivity contribution in [3.05, 3.63) is 48.1 Å². The summed E-state index contributed by atoms with van der Waals surface area (Å²) in [5, 5.41) is 6.31. The largest absolute Gasteiger partial charge is 0.363 e. The summed E-state index contributed by atoms with van der Waals surface area (Å²) < 4.78 is 6.58. The van der Waals surface area contributed by atoms with Crippen molar-refractivity contribution >= 4 is 17.4 Å². The van der Waals surface area contributed by atoms with Gasteiger partial charge in [-0.2, -0.15) is 0 Å². The normalized spacial score (nSPS) is 10.8. The number of pyridine rings is 1. The third-order valence-electron chi connectivity index (χ3n) is 2.86. The van der Waals surface area contributed by atoms with Crippen molar-refractivity contribution in [1.29, 1.82) is 0 Å². The Hall–Kier alpha value is -2.63. The highest BCUT2D eigenvalue weighted by Crippen LogP contribution is 2.13. The van der Waals surface area contributed by atoms with Crippen molar-refractivity contribution in [3.63, 3.8) is 0 Å². The molecule has 6 nitrogen and oxygen atoms in total. The summed E-state index contributed by atoms with van der Waals surface area (Å²) in [6, 6.07) is 7.33. The molecule has 0 aromatic carbocycles. The molecule has 0 saturated heterocycles. The van der Waals surface area contributed by atoms with E-state index >= 15 is 0 Å². The van der Waals surface area contributed by atoms with Crippen molar-refractivity contribution in [3.8, 4) is 0 Å². The molecular formula is C13H12N4O2. The molecule has 0 aliphatic carbocycles. The molecule has 19 heavy (non-hydrogen) atoms. The lowest BCUT2D eigenvalue weighted by molar-refractivity contribution is -0.115. The first-order valence-corrected chi connectivity index (χ1v) is 5.87. The second kappa shape index (κ2) is 4.56. The Kier molecular flexibility index (Phi) is 2.75. The number of hydrogen-bond donors (Lipinski definition) is 1. The first-order valence-electron chi connectivity index (χ1n) is 5.87. The van der Waals surface area contributed by atoms with Crippen LogP contribution >= 0.6 is 0 Å². The van der Waals surface area contributed by atoms with Crippen molar-refractivity contribution in [2.24, 2.45) is 0 Å². The van der Waals surface area contributed by atoms with Crippen molar-refractivity contribution in [2.75, 3.05) is 5.32 Å². The quantitative estimate of drug-likeness (QED) is 0.775. The number of hydrogen-bond acceptors (Lipinski definition) is 4. The number of amides is 1. The Morgan fingerprint density at radius 3 is 3.11 bits per heavy atom. The molecule has 0 radical (unpaired) electrons. The van der Waals surface area contributed by atoms with Crippen LogP contribution in [0.5, 0.6) is 0 Å². The summed E-state index contributed by atoms with van der Waals surface area (Å²) in [5.74, 6) is 0.263. The van der Waals surface area contributed by atoms with E-state index < -0.39 is 0 Å². The minimum atomic E-state index is -0.150. The number of rotatable bonds is 3. The zero-order valence-electron chi connectivity index (χ0n) is 10.3. The van der Waals surface area contributed by atoms with Crippen LogP contribution in [0, 0.1) is 6.92 Å². The standard InChI is InChI=1S/C13H12N4O2/c1-9-10(17-6-3-2-4-12(17)14-9)8-13(18)15-11-5-7-19-16-11/h2-7H,8H2,1H3,(H,15,16,18). The molecular weight excluding hydrogens is 244 g/mol. The number of fused-ring (bicyclic) bond motifs is 1. The first kappa shape index (κ1) is 11.5. The van der Waals surface area contributed by atoms with E-state index in [9.17, 15) is 4.79 Å². The van der Waals surface area contributed by atoms with Crippen LogP contribution in [0.1, 0.15) is 11.4 Å². The second-order valence-corrected chi connectivity index (χ2v) is 4.18. The number of nitrogens with zero attached hydrogens (tertiary/aromatic N) is 3. The molecule has 1 N–H and O–H groups in total. The van der Waals surface area contributed by atoms with Gasteiger partial charge in [-0.1, -0.05) is 11.2 Å². The lowest BCUT2D eigenvalue weighted by Gasteiger charge is -2.03. The monoisotopic (exact) mass is 256 g/mol. The van der Waals surface area contributed by atoms with E-state index in [0.717, 1.165) is 17.0 Å². The third-order valence-corrected chi connectivity index (χ3v) is 2.86. The molecule has 3 aromatic heterocycles. The fraction of sp³-hybridized carbons (Fsp3) is 0.154. The van der Waals surface area contributed by atoms with Gasteiger partial charge in [0.2, 0.25) is 5.91 Å². The van der Waals surface area contributed by atoms with E-state index in [2.05, 4.69) is 20.0 Å². The minimum absolute atomic E-state index is 0.150.